The number of nitrogens with one attached hydrogen (secondary N) is 2. The molecule has 7 heteroatoms. The van der Waals surface area contributed by atoms with Crippen LogP contribution in [0.2, 0.25) is 0 Å². The van der Waals surface area contributed by atoms with Crippen LogP contribution < -0.4 is 11.0 Å². The van der Waals surface area contributed by atoms with Gasteiger partial charge in [0.05, 0.1) is 6.10 Å². The van der Waals surface area contributed by atoms with Crippen LogP contribution in [0, 0.1) is 0 Å². The molecule has 3 N–H and O–H groups in total. The summed E-state index contributed by atoms with van der Waals surface area (Å²) in [6, 6.07) is 0.0640. The summed E-state index contributed by atoms with van der Waals surface area (Å²) in [6.07, 6.45) is 0.612. The quantitative estimate of drug-likeness (QED) is 0.478. The molecule has 1 atom stereocenters. The van der Waals surface area contributed by atoms with Crippen molar-refractivity contribution in [2.45, 2.75) is 44.5 Å². The molecule has 0 aliphatic rings. The van der Waals surface area contributed by atoms with E-state index in [-0.39, 0.29) is 11.7 Å². The highest BCUT2D eigenvalue weighted by atomic mass is 32.2. The van der Waals surface area contributed by atoms with Crippen LogP contribution in [-0.4, -0.2) is 44.8 Å². The first kappa shape index (κ1) is 15.3. The second-order valence-corrected chi connectivity index (χ2v) is 5.43. The van der Waals surface area contributed by atoms with Gasteiger partial charge >= 0.3 is 5.69 Å². The average Bonchev–Trinajstić information content (AvgIpc) is 2.68. The van der Waals surface area contributed by atoms with Gasteiger partial charge in [-0.05, 0) is 26.8 Å². The summed E-state index contributed by atoms with van der Waals surface area (Å²) in [5.74, 6) is 0.522. The third kappa shape index (κ3) is 4.47. The number of aliphatic hydroxyl groups excluding tert-OH is 1. The van der Waals surface area contributed by atoms with Crippen LogP contribution >= 0.6 is 11.8 Å². The van der Waals surface area contributed by atoms with E-state index in [1.54, 1.807) is 4.57 Å². The van der Waals surface area contributed by atoms with Crippen molar-refractivity contribution in [3.63, 3.8) is 0 Å². The van der Waals surface area contributed by atoms with Gasteiger partial charge in [0.25, 0.3) is 0 Å². The molecule has 0 aliphatic carbocycles. The van der Waals surface area contributed by atoms with Gasteiger partial charge in [0, 0.05) is 18.3 Å². The minimum Gasteiger partial charge on any atom is -0.391 e. The van der Waals surface area contributed by atoms with Crippen molar-refractivity contribution in [2.24, 2.45) is 0 Å². The van der Waals surface area contributed by atoms with E-state index in [9.17, 15) is 9.90 Å². The van der Waals surface area contributed by atoms with Crippen LogP contribution in [-0.2, 0) is 0 Å². The molecule has 0 aromatic carbocycles. The minimum absolute atomic E-state index is 0.0640. The maximum absolute atomic E-state index is 11.5. The molecule has 0 amide bonds. The number of aromatic nitrogens is 3. The molecule has 1 aromatic rings. The first-order chi connectivity index (χ1) is 8.56. The Balaban J connectivity index is 2.46. The molecule has 0 radical (unpaired) electrons. The summed E-state index contributed by atoms with van der Waals surface area (Å²) in [7, 11) is 0. The number of nitrogens with zero attached hydrogens (tertiary/aromatic N) is 2. The summed E-state index contributed by atoms with van der Waals surface area (Å²) in [5.41, 5.74) is -0.203. The maximum Gasteiger partial charge on any atom is 0.344 e. The smallest absolute Gasteiger partial charge is 0.344 e. The van der Waals surface area contributed by atoms with Crippen molar-refractivity contribution in [2.75, 3.05) is 18.8 Å². The molecule has 0 fully saturated rings. The molecule has 0 saturated carbocycles. The monoisotopic (exact) mass is 274 g/mol. The lowest BCUT2D eigenvalue weighted by Gasteiger charge is -2.12. The van der Waals surface area contributed by atoms with Crippen LogP contribution in [0.1, 0.15) is 33.2 Å². The Morgan fingerprint density at radius 2 is 2.28 bits per heavy atom. The van der Waals surface area contributed by atoms with Crippen LogP contribution in [0.4, 0.5) is 0 Å². The average molecular weight is 274 g/mol. The minimum atomic E-state index is -0.436. The van der Waals surface area contributed by atoms with E-state index >= 15 is 0 Å². The van der Waals surface area contributed by atoms with Gasteiger partial charge < -0.3 is 10.4 Å². The topological polar surface area (TPSA) is 82.9 Å². The van der Waals surface area contributed by atoms with Crippen LogP contribution in [0.15, 0.2) is 9.95 Å². The molecule has 6 nitrogen and oxygen atoms in total. The highest BCUT2D eigenvalue weighted by Gasteiger charge is 2.13. The molecule has 1 unspecified atom stereocenters. The van der Waals surface area contributed by atoms with Crippen LogP contribution in [0.25, 0.3) is 0 Å². The number of thioether (sulfide) groups is 1. The predicted molar refractivity (Wildman–Crippen MR) is 73.1 cm³/mol. The third-order valence-electron chi connectivity index (χ3n) is 2.40. The Kier molecular flexibility index (Phi) is 6.45. The van der Waals surface area contributed by atoms with Gasteiger partial charge in [-0.1, -0.05) is 18.7 Å². The number of hydrogen-bond acceptors (Lipinski definition) is 5. The Hall–Kier alpha value is -0.790. The van der Waals surface area contributed by atoms with Gasteiger partial charge in [-0.3, -0.25) is 4.57 Å². The molecule has 104 valence electrons. The molecule has 0 spiro atoms. The van der Waals surface area contributed by atoms with Crippen molar-refractivity contribution in [1.82, 2.24) is 20.1 Å². The van der Waals surface area contributed by atoms with Gasteiger partial charge in [0.15, 0.2) is 5.16 Å². The van der Waals surface area contributed by atoms with Crippen molar-refractivity contribution in [3.8, 4) is 0 Å². The second kappa shape index (κ2) is 7.60. The highest BCUT2D eigenvalue weighted by Crippen LogP contribution is 2.17. The van der Waals surface area contributed by atoms with Gasteiger partial charge in [-0.25, -0.2) is 9.89 Å². The lowest BCUT2D eigenvalue weighted by Crippen LogP contribution is -2.29. The largest absolute Gasteiger partial charge is 0.391 e. The number of rotatable bonds is 8. The molecule has 1 rings (SSSR count). The first-order valence-corrected chi connectivity index (χ1v) is 7.23. The number of aromatic amines is 1. The maximum atomic E-state index is 11.5. The van der Waals surface area contributed by atoms with E-state index in [1.165, 1.54) is 11.8 Å². The normalized spacial score (nSPS) is 13.2. The van der Waals surface area contributed by atoms with E-state index in [0.717, 1.165) is 13.0 Å². The van der Waals surface area contributed by atoms with E-state index in [4.69, 9.17) is 0 Å². The Bertz CT molecular complexity index is 402. The Morgan fingerprint density at radius 1 is 1.56 bits per heavy atom. The summed E-state index contributed by atoms with van der Waals surface area (Å²) < 4.78 is 1.59. The van der Waals surface area contributed by atoms with Crippen molar-refractivity contribution in [3.05, 3.63) is 10.5 Å². The molecular weight excluding hydrogens is 252 g/mol. The molecule has 0 saturated heterocycles. The highest BCUT2D eigenvalue weighted by molar-refractivity contribution is 7.99. The summed E-state index contributed by atoms with van der Waals surface area (Å²) in [5, 5.41) is 19.9. The molecule has 18 heavy (non-hydrogen) atoms. The van der Waals surface area contributed by atoms with Crippen molar-refractivity contribution >= 4 is 11.8 Å². The zero-order valence-electron chi connectivity index (χ0n) is 11.1. The lowest BCUT2D eigenvalue weighted by atomic mass is 10.4. The fourth-order valence-electron chi connectivity index (χ4n) is 1.52. The standard InChI is InChI=1S/C11H22N4O2S/c1-4-5-12-6-9(16)7-18-11-14-13-10(17)15(11)8(2)3/h8-9,12,16H,4-7H2,1-3H3,(H,13,17). The Morgan fingerprint density at radius 3 is 2.89 bits per heavy atom. The summed E-state index contributed by atoms with van der Waals surface area (Å²) in [6.45, 7) is 7.41. The number of H-pyrrole nitrogens is 1. The van der Waals surface area contributed by atoms with Crippen molar-refractivity contribution in [1.29, 1.82) is 0 Å². The summed E-state index contributed by atoms with van der Waals surface area (Å²) >= 11 is 1.39. The van der Waals surface area contributed by atoms with Gasteiger partial charge in [-0.15, -0.1) is 5.10 Å². The van der Waals surface area contributed by atoms with Gasteiger partial charge in [0.1, 0.15) is 0 Å². The van der Waals surface area contributed by atoms with E-state index in [1.807, 2.05) is 13.8 Å². The van der Waals surface area contributed by atoms with E-state index in [0.29, 0.717) is 17.5 Å². The second-order valence-electron chi connectivity index (χ2n) is 4.44. The number of hydrogen-bond donors (Lipinski definition) is 3. The lowest BCUT2D eigenvalue weighted by molar-refractivity contribution is 0.196. The molecule has 0 aliphatic heterocycles. The van der Waals surface area contributed by atoms with Crippen LogP contribution in [0.5, 0.6) is 0 Å². The van der Waals surface area contributed by atoms with Crippen LogP contribution in [0.3, 0.4) is 0 Å². The van der Waals surface area contributed by atoms with Crippen molar-refractivity contribution < 1.29 is 5.11 Å². The molecule has 0 bridgehead atoms. The summed E-state index contributed by atoms with van der Waals surface area (Å²) in [4.78, 5) is 11.5. The van der Waals surface area contributed by atoms with E-state index < -0.39 is 6.10 Å². The first-order valence-electron chi connectivity index (χ1n) is 6.24. The Labute approximate surface area is 111 Å². The zero-order chi connectivity index (χ0) is 13.5. The fraction of sp³-hybridized carbons (Fsp3) is 0.818. The van der Waals surface area contributed by atoms with Gasteiger partial charge in [-0.2, -0.15) is 0 Å². The molecule has 1 heterocycles. The third-order valence-corrected chi connectivity index (χ3v) is 3.50. The molecule has 1 aromatic heterocycles. The predicted octanol–water partition coefficient (Wildman–Crippen LogP) is 0.605. The fourth-order valence-corrected chi connectivity index (χ4v) is 2.52. The number of aliphatic hydroxyl groups is 1. The van der Waals surface area contributed by atoms with E-state index in [2.05, 4.69) is 22.4 Å². The van der Waals surface area contributed by atoms with Gasteiger partial charge in [0.2, 0.25) is 0 Å². The zero-order valence-corrected chi connectivity index (χ0v) is 12.0. The SMILES string of the molecule is CCCNCC(O)CSc1n[nH]c(=O)n1C(C)C. The molecular formula is C11H22N4O2S.